The highest BCUT2D eigenvalue weighted by molar-refractivity contribution is 14.1. The van der Waals surface area contributed by atoms with E-state index in [1.807, 2.05) is 37.2 Å². The van der Waals surface area contributed by atoms with Gasteiger partial charge >= 0.3 is 6.03 Å². The molecule has 0 saturated carbocycles. The number of ether oxygens (including phenoxy) is 1. The molecule has 9 heteroatoms. The zero-order valence-electron chi connectivity index (χ0n) is 17.0. The zero-order valence-corrected chi connectivity index (χ0v) is 20.6. The fourth-order valence-electron chi connectivity index (χ4n) is 2.71. The van der Waals surface area contributed by atoms with Crippen LogP contribution in [0, 0.1) is 3.57 Å². The number of likely N-dealkylation sites (N-methyl/N-ethyl adjacent to an activating group) is 1. The van der Waals surface area contributed by atoms with Crippen molar-refractivity contribution < 1.29 is 9.53 Å². The van der Waals surface area contributed by atoms with E-state index in [9.17, 15) is 4.79 Å². The van der Waals surface area contributed by atoms with Crippen LogP contribution in [-0.4, -0.2) is 43.2 Å². The second kappa shape index (κ2) is 11.0. The van der Waals surface area contributed by atoms with Crippen molar-refractivity contribution in [2.45, 2.75) is 0 Å². The van der Waals surface area contributed by atoms with Crippen molar-refractivity contribution in [2.75, 3.05) is 37.9 Å². The molecule has 0 aliphatic carbocycles. The minimum absolute atomic E-state index is 0.265. The number of halogens is 3. The van der Waals surface area contributed by atoms with Gasteiger partial charge in [0.1, 0.15) is 12.4 Å². The summed E-state index contributed by atoms with van der Waals surface area (Å²) < 4.78 is 6.78. The molecule has 0 atom stereocenters. The van der Waals surface area contributed by atoms with Crippen LogP contribution in [0.5, 0.6) is 5.75 Å². The molecule has 0 aliphatic heterocycles. The number of pyridine rings is 1. The van der Waals surface area contributed by atoms with E-state index in [2.05, 4.69) is 38.2 Å². The lowest BCUT2D eigenvalue weighted by atomic mass is 10.1. The molecule has 6 nitrogen and oxygen atoms in total. The van der Waals surface area contributed by atoms with Gasteiger partial charge in [0.2, 0.25) is 0 Å². The van der Waals surface area contributed by atoms with Crippen LogP contribution in [0.4, 0.5) is 16.2 Å². The maximum Gasteiger partial charge on any atom is 0.323 e. The molecular weight excluding hydrogens is 550 g/mol. The smallest absolute Gasteiger partial charge is 0.323 e. The highest BCUT2D eigenvalue weighted by Gasteiger charge is 2.14. The standard InChI is InChI=1S/C22H21Cl2IN4O2/c1-29(2)11-12-31-19-13-15(3-5-17(19)25)27-22(30)28-18-6-4-16(20(23)21(18)24)14-7-9-26-10-8-14/h3-10,13H,11-12H2,1-2H3,(H2,27,28,30). The molecule has 0 unspecified atom stereocenters. The summed E-state index contributed by atoms with van der Waals surface area (Å²) >= 11 is 15.0. The SMILES string of the molecule is CN(C)CCOc1cc(NC(=O)Nc2ccc(-c3ccncc3)c(Cl)c2Cl)ccc1I. The van der Waals surface area contributed by atoms with E-state index >= 15 is 0 Å². The van der Waals surface area contributed by atoms with Crippen molar-refractivity contribution in [3.8, 4) is 16.9 Å². The van der Waals surface area contributed by atoms with Crippen LogP contribution in [0.2, 0.25) is 10.0 Å². The summed E-state index contributed by atoms with van der Waals surface area (Å²) in [5, 5.41) is 6.16. The van der Waals surface area contributed by atoms with Crippen LogP contribution in [0.1, 0.15) is 0 Å². The largest absolute Gasteiger partial charge is 0.491 e. The van der Waals surface area contributed by atoms with Crippen LogP contribution < -0.4 is 15.4 Å². The number of carbonyl (C=O) groups excluding carboxylic acids is 1. The summed E-state index contributed by atoms with van der Waals surface area (Å²) in [6, 6.07) is 12.2. The first kappa shape index (κ1) is 23.6. The first-order valence-electron chi connectivity index (χ1n) is 9.38. The van der Waals surface area contributed by atoms with Crippen molar-refractivity contribution in [1.82, 2.24) is 9.88 Å². The second-order valence-corrected chi connectivity index (χ2v) is 8.82. The Morgan fingerprint density at radius 1 is 1.06 bits per heavy atom. The van der Waals surface area contributed by atoms with Crippen molar-refractivity contribution in [2.24, 2.45) is 0 Å². The predicted octanol–water partition coefficient (Wildman–Crippen LogP) is 6.24. The summed E-state index contributed by atoms with van der Waals surface area (Å²) in [7, 11) is 3.97. The molecular formula is C22H21Cl2IN4O2. The number of urea groups is 1. The molecule has 0 fully saturated rings. The van der Waals surface area contributed by atoms with Gasteiger partial charge in [-0.1, -0.05) is 29.3 Å². The Kier molecular flexibility index (Phi) is 8.36. The van der Waals surface area contributed by atoms with Crippen LogP contribution in [0.15, 0.2) is 54.9 Å². The molecule has 1 aromatic heterocycles. The summed E-state index contributed by atoms with van der Waals surface area (Å²) in [4.78, 5) is 18.6. The van der Waals surface area contributed by atoms with Crippen molar-refractivity contribution in [1.29, 1.82) is 0 Å². The lowest BCUT2D eigenvalue weighted by molar-refractivity contribution is 0.260. The Hall–Kier alpha value is -2.07. The summed E-state index contributed by atoms with van der Waals surface area (Å²) in [6.45, 7) is 1.35. The molecule has 0 bridgehead atoms. The van der Waals surface area contributed by atoms with Crippen LogP contribution in [0.3, 0.4) is 0 Å². The highest BCUT2D eigenvalue weighted by atomic mass is 127. The van der Waals surface area contributed by atoms with Gasteiger partial charge in [0.25, 0.3) is 0 Å². The van der Waals surface area contributed by atoms with Crippen LogP contribution >= 0.6 is 45.8 Å². The number of benzene rings is 2. The van der Waals surface area contributed by atoms with Gasteiger partial charge in [-0.15, -0.1) is 0 Å². The fourth-order valence-corrected chi connectivity index (χ4v) is 3.69. The average Bonchev–Trinajstić information content (AvgIpc) is 2.74. The van der Waals surface area contributed by atoms with Gasteiger partial charge in [0.05, 0.1) is 19.3 Å². The van der Waals surface area contributed by atoms with E-state index in [0.717, 1.165) is 21.2 Å². The van der Waals surface area contributed by atoms with E-state index in [1.165, 1.54) is 0 Å². The van der Waals surface area contributed by atoms with Crippen LogP contribution in [0.25, 0.3) is 11.1 Å². The molecule has 0 saturated heterocycles. The molecule has 2 N–H and O–H groups in total. The number of nitrogens with one attached hydrogen (secondary N) is 2. The molecule has 0 aliphatic rings. The third-order valence-corrected chi connectivity index (χ3v) is 6.08. The number of rotatable bonds is 7. The van der Waals surface area contributed by atoms with Gasteiger partial charge in [0.15, 0.2) is 0 Å². The number of carbonyl (C=O) groups is 1. The second-order valence-electron chi connectivity index (χ2n) is 6.90. The lowest BCUT2D eigenvalue weighted by Crippen LogP contribution is -2.20. The normalized spacial score (nSPS) is 10.8. The van der Waals surface area contributed by atoms with E-state index in [0.29, 0.717) is 28.8 Å². The number of anilines is 2. The minimum atomic E-state index is -0.435. The monoisotopic (exact) mass is 570 g/mol. The molecule has 3 aromatic rings. The van der Waals surface area contributed by atoms with Crippen molar-refractivity contribution >= 4 is 63.2 Å². The Labute approximate surface area is 205 Å². The molecule has 0 radical (unpaired) electrons. The van der Waals surface area contributed by atoms with Gasteiger partial charge in [-0.05, 0) is 72.6 Å². The Bertz CT molecular complexity index is 1060. The molecule has 0 spiro atoms. The summed E-state index contributed by atoms with van der Waals surface area (Å²) in [6.07, 6.45) is 3.36. The fraction of sp³-hybridized carbons (Fsp3) is 0.182. The quantitative estimate of drug-likeness (QED) is 0.330. The molecule has 3 rings (SSSR count). The summed E-state index contributed by atoms with van der Waals surface area (Å²) in [5.41, 5.74) is 2.67. The van der Waals surface area contributed by atoms with Crippen LogP contribution in [-0.2, 0) is 0 Å². The van der Waals surface area contributed by atoms with Gasteiger partial charge in [-0.2, -0.15) is 0 Å². The third-order valence-electron chi connectivity index (χ3n) is 4.31. The molecule has 162 valence electrons. The Balaban J connectivity index is 1.69. The van der Waals surface area contributed by atoms with E-state index in [1.54, 1.807) is 36.7 Å². The van der Waals surface area contributed by atoms with Gasteiger partial charge in [0, 0.05) is 36.3 Å². The lowest BCUT2D eigenvalue weighted by Gasteiger charge is -2.15. The average molecular weight is 571 g/mol. The van der Waals surface area contributed by atoms with E-state index < -0.39 is 6.03 Å². The summed E-state index contributed by atoms with van der Waals surface area (Å²) in [5.74, 6) is 0.711. The maximum atomic E-state index is 12.5. The molecule has 2 amide bonds. The number of hydrogen-bond donors (Lipinski definition) is 2. The Morgan fingerprint density at radius 3 is 2.52 bits per heavy atom. The number of amides is 2. The highest BCUT2D eigenvalue weighted by Crippen LogP contribution is 2.38. The number of hydrogen-bond acceptors (Lipinski definition) is 4. The number of nitrogens with zero attached hydrogens (tertiary/aromatic N) is 2. The maximum absolute atomic E-state index is 12.5. The van der Waals surface area contributed by atoms with Crippen molar-refractivity contribution in [3.63, 3.8) is 0 Å². The zero-order chi connectivity index (χ0) is 22.4. The molecule has 2 aromatic carbocycles. The van der Waals surface area contributed by atoms with E-state index in [-0.39, 0.29) is 5.02 Å². The van der Waals surface area contributed by atoms with Crippen molar-refractivity contribution in [3.05, 3.63) is 68.5 Å². The predicted molar refractivity (Wildman–Crippen MR) is 136 cm³/mol. The number of aromatic nitrogens is 1. The Morgan fingerprint density at radius 2 is 1.81 bits per heavy atom. The van der Waals surface area contributed by atoms with E-state index in [4.69, 9.17) is 27.9 Å². The third kappa shape index (κ3) is 6.46. The first-order chi connectivity index (χ1) is 14.8. The molecule has 31 heavy (non-hydrogen) atoms. The first-order valence-corrected chi connectivity index (χ1v) is 11.2. The van der Waals surface area contributed by atoms with Gasteiger partial charge in [-0.25, -0.2) is 4.79 Å². The van der Waals surface area contributed by atoms with Gasteiger partial charge < -0.3 is 20.3 Å². The topological polar surface area (TPSA) is 66.5 Å². The molecule has 1 heterocycles. The van der Waals surface area contributed by atoms with Gasteiger partial charge in [-0.3, -0.25) is 4.98 Å². The minimum Gasteiger partial charge on any atom is -0.491 e.